The summed E-state index contributed by atoms with van der Waals surface area (Å²) in [5, 5.41) is 16.8. The Morgan fingerprint density at radius 3 is 2.64 bits per heavy atom. The molecule has 0 atom stereocenters. The van der Waals surface area contributed by atoms with Gasteiger partial charge < -0.3 is 10.8 Å². The van der Waals surface area contributed by atoms with Gasteiger partial charge in [-0.15, -0.1) is 5.10 Å². The van der Waals surface area contributed by atoms with Crippen molar-refractivity contribution in [3.8, 4) is 11.4 Å². The number of nitrogens with zero attached hydrogens (tertiary/aromatic N) is 3. The largest absolute Gasteiger partial charge is 0.508 e. The summed E-state index contributed by atoms with van der Waals surface area (Å²) in [4.78, 5) is 0. The molecule has 14 heavy (non-hydrogen) atoms. The van der Waals surface area contributed by atoms with Gasteiger partial charge in [-0.25, -0.2) is 4.68 Å². The molecule has 1 heterocycles. The second kappa shape index (κ2) is 3.47. The lowest BCUT2D eigenvalue weighted by Crippen LogP contribution is -2.06. The van der Waals surface area contributed by atoms with Gasteiger partial charge in [0.05, 0.1) is 17.6 Å². The van der Waals surface area contributed by atoms with Crippen LogP contribution < -0.4 is 5.73 Å². The molecule has 72 valence electrons. The average Bonchev–Trinajstić information content (AvgIpc) is 2.67. The van der Waals surface area contributed by atoms with Gasteiger partial charge in [-0.1, -0.05) is 5.21 Å². The predicted octanol–water partition coefficient (Wildman–Crippen LogP) is 0.432. The van der Waals surface area contributed by atoms with Crippen LogP contribution in [0.3, 0.4) is 0 Å². The highest BCUT2D eigenvalue weighted by Gasteiger charge is 2.03. The van der Waals surface area contributed by atoms with E-state index in [9.17, 15) is 0 Å². The van der Waals surface area contributed by atoms with Crippen LogP contribution >= 0.6 is 0 Å². The SMILES string of the molecule is NCc1cnnn1-c1ccc(O)cc1. The average molecular weight is 190 g/mol. The normalized spacial score (nSPS) is 10.4. The fourth-order valence-electron chi connectivity index (χ4n) is 1.21. The van der Waals surface area contributed by atoms with Crippen LogP contribution in [0.1, 0.15) is 5.69 Å². The lowest BCUT2D eigenvalue weighted by molar-refractivity contribution is 0.475. The lowest BCUT2D eigenvalue weighted by atomic mass is 10.3. The van der Waals surface area contributed by atoms with E-state index in [4.69, 9.17) is 10.8 Å². The monoisotopic (exact) mass is 190 g/mol. The zero-order valence-electron chi connectivity index (χ0n) is 7.46. The van der Waals surface area contributed by atoms with Crippen molar-refractivity contribution in [1.29, 1.82) is 0 Å². The standard InChI is InChI=1S/C9H10N4O/c10-5-8-6-11-12-13(8)7-1-3-9(14)4-2-7/h1-4,6,14H,5,10H2. The van der Waals surface area contributed by atoms with E-state index in [1.165, 1.54) is 0 Å². The minimum absolute atomic E-state index is 0.225. The summed E-state index contributed by atoms with van der Waals surface area (Å²) >= 11 is 0. The number of aromatic hydroxyl groups is 1. The molecule has 0 unspecified atom stereocenters. The summed E-state index contributed by atoms with van der Waals surface area (Å²) < 4.78 is 1.64. The first kappa shape index (κ1) is 8.71. The summed E-state index contributed by atoms with van der Waals surface area (Å²) in [6.45, 7) is 0.383. The van der Waals surface area contributed by atoms with E-state index in [0.717, 1.165) is 11.4 Å². The maximum absolute atomic E-state index is 9.11. The van der Waals surface area contributed by atoms with Gasteiger partial charge in [-0.3, -0.25) is 0 Å². The Hall–Kier alpha value is -1.88. The maximum atomic E-state index is 9.11. The third-order valence-electron chi connectivity index (χ3n) is 1.92. The van der Waals surface area contributed by atoms with E-state index in [2.05, 4.69) is 10.3 Å². The Labute approximate surface area is 80.8 Å². The molecule has 2 aromatic rings. The number of hydrogen-bond acceptors (Lipinski definition) is 4. The third-order valence-corrected chi connectivity index (χ3v) is 1.92. The summed E-state index contributed by atoms with van der Waals surface area (Å²) in [5.74, 6) is 0.225. The first-order valence-electron chi connectivity index (χ1n) is 4.20. The van der Waals surface area contributed by atoms with Gasteiger partial charge in [-0.2, -0.15) is 0 Å². The van der Waals surface area contributed by atoms with Crippen molar-refractivity contribution < 1.29 is 5.11 Å². The highest BCUT2D eigenvalue weighted by atomic mass is 16.3. The molecule has 2 rings (SSSR count). The van der Waals surface area contributed by atoms with Gasteiger partial charge in [-0.05, 0) is 24.3 Å². The molecule has 0 bridgehead atoms. The second-order valence-corrected chi connectivity index (χ2v) is 2.86. The molecule has 0 saturated carbocycles. The van der Waals surface area contributed by atoms with Crippen molar-refractivity contribution in [2.75, 3.05) is 0 Å². The molecule has 1 aromatic carbocycles. The van der Waals surface area contributed by atoms with Gasteiger partial charge in [0.25, 0.3) is 0 Å². The van der Waals surface area contributed by atoms with Crippen molar-refractivity contribution in [1.82, 2.24) is 15.0 Å². The fraction of sp³-hybridized carbons (Fsp3) is 0.111. The summed E-state index contributed by atoms with van der Waals surface area (Å²) in [6, 6.07) is 6.70. The zero-order valence-corrected chi connectivity index (χ0v) is 7.46. The molecule has 0 spiro atoms. The van der Waals surface area contributed by atoms with Crippen LogP contribution in [0, 0.1) is 0 Å². The smallest absolute Gasteiger partial charge is 0.115 e. The van der Waals surface area contributed by atoms with Crippen LogP contribution in [-0.4, -0.2) is 20.1 Å². The topological polar surface area (TPSA) is 77.0 Å². The van der Waals surface area contributed by atoms with E-state index in [-0.39, 0.29) is 5.75 Å². The first-order valence-corrected chi connectivity index (χ1v) is 4.20. The summed E-state index contributed by atoms with van der Waals surface area (Å²) in [7, 11) is 0. The molecule has 0 aliphatic heterocycles. The Morgan fingerprint density at radius 1 is 1.29 bits per heavy atom. The molecular weight excluding hydrogens is 180 g/mol. The molecule has 5 nitrogen and oxygen atoms in total. The van der Waals surface area contributed by atoms with Gasteiger partial charge in [0.15, 0.2) is 0 Å². The molecule has 5 heteroatoms. The van der Waals surface area contributed by atoms with Crippen LogP contribution in [0.25, 0.3) is 5.69 Å². The minimum atomic E-state index is 0.225. The molecule has 1 aromatic heterocycles. The van der Waals surface area contributed by atoms with Crippen molar-refractivity contribution in [2.24, 2.45) is 5.73 Å². The summed E-state index contributed by atoms with van der Waals surface area (Å²) in [6.07, 6.45) is 1.62. The highest BCUT2D eigenvalue weighted by molar-refractivity contribution is 5.36. The Balaban J connectivity index is 2.44. The Morgan fingerprint density at radius 2 is 2.00 bits per heavy atom. The van der Waals surface area contributed by atoms with E-state index in [1.807, 2.05) is 0 Å². The van der Waals surface area contributed by atoms with E-state index >= 15 is 0 Å². The molecule has 0 amide bonds. The number of phenolic OH excluding ortho intramolecular Hbond substituents is 1. The van der Waals surface area contributed by atoms with Crippen LogP contribution in [0.4, 0.5) is 0 Å². The van der Waals surface area contributed by atoms with Crippen LogP contribution in [0.2, 0.25) is 0 Å². The number of aromatic nitrogens is 3. The van der Waals surface area contributed by atoms with Crippen molar-refractivity contribution in [3.05, 3.63) is 36.2 Å². The molecule has 0 saturated heterocycles. The van der Waals surface area contributed by atoms with Gasteiger partial charge in [0, 0.05) is 6.54 Å². The third kappa shape index (κ3) is 1.45. The number of rotatable bonds is 2. The molecule has 0 aliphatic carbocycles. The predicted molar refractivity (Wildman–Crippen MR) is 50.9 cm³/mol. The minimum Gasteiger partial charge on any atom is -0.508 e. The fourth-order valence-corrected chi connectivity index (χ4v) is 1.21. The molecule has 0 aliphatic rings. The Bertz CT molecular complexity index is 421. The highest BCUT2D eigenvalue weighted by Crippen LogP contribution is 2.13. The first-order chi connectivity index (χ1) is 6.81. The van der Waals surface area contributed by atoms with E-state index < -0.39 is 0 Å². The molecule has 3 N–H and O–H groups in total. The number of nitrogens with two attached hydrogens (primary N) is 1. The van der Waals surface area contributed by atoms with Crippen LogP contribution in [0.5, 0.6) is 5.75 Å². The van der Waals surface area contributed by atoms with Crippen molar-refractivity contribution >= 4 is 0 Å². The summed E-state index contributed by atoms with van der Waals surface area (Å²) in [5.41, 5.74) is 7.18. The molecular formula is C9H10N4O. The van der Waals surface area contributed by atoms with Gasteiger partial charge in [0.2, 0.25) is 0 Å². The molecule has 0 fully saturated rings. The second-order valence-electron chi connectivity index (χ2n) is 2.86. The van der Waals surface area contributed by atoms with Gasteiger partial charge >= 0.3 is 0 Å². The maximum Gasteiger partial charge on any atom is 0.115 e. The van der Waals surface area contributed by atoms with E-state index in [1.54, 1.807) is 35.1 Å². The van der Waals surface area contributed by atoms with Gasteiger partial charge in [0.1, 0.15) is 5.75 Å². The van der Waals surface area contributed by atoms with Crippen molar-refractivity contribution in [3.63, 3.8) is 0 Å². The Kier molecular flexibility index (Phi) is 2.16. The lowest BCUT2D eigenvalue weighted by Gasteiger charge is -2.03. The van der Waals surface area contributed by atoms with Crippen LogP contribution in [0.15, 0.2) is 30.5 Å². The van der Waals surface area contributed by atoms with Crippen LogP contribution in [-0.2, 0) is 6.54 Å². The zero-order chi connectivity index (χ0) is 9.97. The number of phenols is 1. The number of benzene rings is 1. The molecule has 0 radical (unpaired) electrons. The van der Waals surface area contributed by atoms with E-state index in [0.29, 0.717) is 6.54 Å². The van der Waals surface area contributed by atoms with Crippen molar-refractivity contribution in [2.45, 2.75) is 6.54 Å². The quantitative estimate of drug-likeness (QED) is 0.720. The number of hydrogen-bond donors (Lipinski definition) is 2.